The lowest BCUT2D eigenvalue weighted by Crippen LogP contribution is -2.52. The molecule has 0 fully saturated rings. The monoisotopic (exact) mass is 422 g/mol. The zero-order chi connectivity index (χ0) is 22.5. The number of carboxylic acids is 1. The average molecular weight is 422 g/mol. The number of carbonyl (C=O) groups excluding carboxylic acids is 2. The second kappa shape index (κ2) is 9.47. The van der Waals surface area contributed by atoms with Gasteiger partial charge in [-0.15, -0.1) is 0 Å². The highest BCUT2D eigenvalue weighted by Crippen LogP contribution is 2.29. The van der Waals surface area contributed by atoms with E-state index in [1.54, 1.807) is 43.3 Å². The number of fused-ring (bicyclic) bond motifs is 1. The number of hydrogen-bond donors (Lipinski definition) is 1. The number of carbonyl (C=O) groups is 2. The summed E-state index contributed by atoms with van der Waals surface area (Å²) in [5.74, 6) is -1.59. The minimum Gasteiger partial charge on any atom is -0.548 e. The topological polar surface area (TPSA) is 109 Å². The fourth-order valence-corrected chi connectivity index (χ4v) is 3.40. The molecule has 3 rings (SSSR count). The molecule has 0 saturated carbocycles. The summed E-state index contributed by atoms with van der Waals surface area (Å²) in [6.45, 7) is 5.21. The number of benzene rings is 2. The smallest absolute Gasteiger partial charge is 0.336 e. The first kappa shape index (κ1) is 22.1. The molecule has 0 aliphatic rings. The van der Waals surface area contributed by atoms with Gasteiger partial charge in [-0.3, -0.25) is 4.79 Å². The van der Waals surface area contributed by atoms with Crippen molar-refractivity contribution in [1.29, 1.82) is 0 Å². The fraction of sp³-hybridized carbons (Fsp3) is 0.292. The Morgan fingerprint density at radius 3 is 2.52 bits per heavy atom. The van der Waals surface area contributed by atoms with Crippen molar-refractivity contribution in [2.45, 2.75) is 45.8 Å². The SMILES string of the molecule is CCc1cc(=O)oc2c(C)c(O[C@@H](C)C(=O)N[C@@H](Cc3ccccc3)C(=O)[O-])ccc12. The largest absolute Gasteiger partial charge is 0.548 e. The third-order valence-corrected chi connectivity index (χ3v) is 5.13. The van der Waals surface area contributed by atoms with Gasteiger partial charge < -0.3 is 24.4 Å². The molecule has 7 heteroatoms. The van der Waals surface area contributed by atoms with Crippen LogP contribution in [0.15, 0.2) is 57.7 Å². The maximum absolute atomic E-state index is 12.6. The summed E-state index contributed by atoms with van der Waals surface area (Å²) in [5, 5.41) is 14.8. The summed E-state index contributed by atoms with van der Waals surface area (Å²) in [4.78, 5) is 35.9. The number of amides is 1. The summed E-state index contributed by atoms with van der Waals surface area (Å²) in [6.07, 6.45) is -0.205. The van der Waals surface area contributed by atoms with Crippen LogP contribution < -0.4 is 20.8 Å². The molecule has 0 radical (unpaired) electrons. The molecule has 3 aromatic rings. The Kier molecular flexibility index (Phi) is 6.74. The molecule has 162 valence electrons. The van der Waals surface area contributed by atoms with Crippen molar-refractivity contribution in [3.05, 3.63) is 75.6 Å². The predicted octanol–water partition coefficient (Wildman–Crippen LogP) is 1.91. The van der Waals surface area contributed by atoms with Crippen LogP contribution in [-0.4, -0.2) is 24.0 Å². The molecular weight excluding hydrogens is 398 g/mol. The highest BCUT2D eigenvalue weighted by molar-refractivity contribution is 5.87. The van der Waals surface area contributed by atoms with Crippen LogP contribution in [0.25, 0.3) is 11.0 Å². The normalized spacial score (nSPS) is 12.9. The number of ether oxygens (including phenoxy) is 1. The first-order chi connectivity index (χ1) is 14.8. The minimum absolute atomic E-state index is 0.0988. The Bertz CT molecular complexity index is 1150. The third-order valence-electron chi connectivity index (χ3n) is 5.13. The second-order valence-corrected chi connectivity index (χ2v) is 7.34. The minimum atomic E-state index is -1.37. The summed E-state index contributed by atoms with van der Waals surface area (Å²) in [5.41, 5.74) is 2.17. The second-order valence-electron chi connectivity index (χ2n) is 7.34. The van der Waals surface area contributed by atoms with E-state index in [4.69, 9.17) is 9.15 Å². The molecule has 1 N–H and O–H groups in total. The van der Waals surface area contributed by atoms with Crippen molar-refractivity contribution in [3.63, 3.8) is 0 Å². The van der Waals surface area contributed by atoms with Crippen LogP contribution in [0.5, 0.6) is 5.75 Å². The molecular formula is C24H24NO6-. The Morgan fingerprint density at radius 1 is 1.16 bits per heavy atom. The molecule has 31 heavy (non-hydrogen) atoms. The molecule has 1 aromatic heterocycles. The van der Waals surface area contributed by atoms with Crippen LogP contribution >= 0.6 is 0 Å². The van der Waals surface area contributed by atoms with Gasteiger partial charge in [0, 0.05) is 17.0 Å². The molecule has 0 spiro atoms. The van der Waals surface area contributed by atoms with Gasteiger partial charge in [-0.05, 0) is 49.9 Å². The molecule has 0 aliphatic heterocycles. The van der Waals surface area contributed by atoms with E-state index in [2.05, 4.69) is 5.32 Å². The van der Waals surface area contributed by atoms with Crippen molar-refractivity contribution in [2.75, 3.05) is 0 Å². The van der Waals surface area contributed by atoms with Crippen molar-refractivity contribution < 1.29 is 23.8 Å². The summed E-state index contributed by atoms with van der Waals surface area (Å²) >= 11 is 0. The maximum Gasteiger partial charge on any atom is 0.336 e. The third kappa shape index (κ3) is 5.12. The van der Waals surface area contributed by atoms with E-state index in [0.717, 1.165) is 16.5 Å². The van der Waals surface area contributed by atoms with Crippen molar-refractivity contribution in [3.8, 4) is 5.75 Å². The number of rotatable bonds is 8. The van der Waals surface area contributed by atoms with Gasteiger partial charge in [0.25, 0.3) is 5.91 Å². The number of aryl methyl sites for hydroxylation is 2. The van der Waals surface area contributed by atoms with Crippen LogP contribution in [0, 0.1) is 6.92 Å². The fourth-order valence-electron chi connectivity index (χ4n) is 3.40. The van der Waals surface area contributed by atoms with Gasteiger partial charge >= 0.3 is 5.63 Å². The molecule has 2 atom stereocenters. The van der Waals surface area contributed by atoms with E-state index in [9.17, 15) is 19.5 Å². The molecule has 0 unspecified atom stereocenters. The first-order valence-corrected chi connectivity index (χ1v) is 10.1. The van der Waals surface area contributed by atoms with Gasteiger partial charge in [-0.25, -0.2) is 4.79 Å². The molecule has 7 nitrogen and oxygen atoms in total. The zero-order valence-corrected chi connectivity index (χ0v) is 17.6. The van der Waals surface area contributed by atoms with E-state index in [-0.39, 0.29) is 6.42 Å². The molecule has 1 amide bonds. The summed E-state index contributed by atoms with van der Waals surface area (Å²) < 4.78 is 11.1. The van der Waals surface area contributed by atoms with E-state index in [0.29, 0.717) is 23.3 Å². The van der Waals surface area contributed by atoms with Gasteiger partial charge in [0.1, 0.15) is 11.3 Å². The Labute approximate surface area is 179 Å². The Morgan fingerprint density at radius 2 is 1.87 bits per heavy atom. The quantitative estimate of drug-likeness (QED) is 0.556. The molecule has 1 heterocycles. The van der Waals surface area contributed by atoms with Crippen LogP contribution in [0.4, 0.5) is 0 Å². The number of aliphatic carboxylic acids is 1. The van der Waals surface area contributed by atoms with Crippen molar-refractivity contribution >= 4 is 22.8 Å². The van der Waals surface area contributed by atoms with E-state index >= 15 is 0 Å². The van der Waals surface area contributed by atoms with Crippen LogP contribution in [0.3, 0.4) is 0 Å². The van der Waals surface area contributed by atoms with Gasteiger partial charge in [0.05, 0.1) is 12.0 Å². The van der Waals surface area contributed by atoms with Crippen LogP contribution in [0.1, 0.15) is 30.5 Å². The average Bonchev–Trinajstić information content (AvgIpc) is 2.75. The Balaban J connectivity index is 1.77. The van der Waals surface area contributed by atoms with Crippen molar-refractivity contribution in [1.82, 2.24) is 5.32 Å². The molecule has 0 aliphatic carbocycles. The van der Waals surface area contributed by atoms with Crippen LogP contribution in [0.2, 0.25) is 0 Å². The molecule has 0 bridgehead atoms. The highest BCUT2D eigenvalue weighted by atomic mass is 16.5. The van der Waals surface area contributed by atoms with E-state index in [1.807, 2.05) is 13.0 Å². The number of hydrogen-bond acceptors (Lipinski definition) is 6. The van der Waals surface area contributed by atoms with Crippen LogP contribution in [-0.2, 0) is 22.4 Å². The lowest BCUT2D eigenvalue weighted by molar-refractivity contribution is -0.308. The van der Waals surface area contributed by atoms with E-state index in [1.165, 1.54) is 13.0 Å². The van der Waals surface area contributed by atoms with Crippen molar-refractivity contribution in [2.24, 2.45) is 0 Å². The first-order valence-electron chi connectivity index (χ1n) is 10.1. The zero-order valence-electron chi connectivity index (χ0n) is 17.6. The van der Waals surface area contributed by atoms with Gasteiger partial charge in [0.2, 0.25) is 0 Å². The number of nitrogens with one attached hydrogen (secondary N) is 1. The standard InChI is InChI=1S/C24H25NO6/c1-4-17-13-21(26)31-22-14(2)20(11-10-18(17)22)30-15(3)23(27)25-19(24(28)29)12-16-8-6-5-7-9-16/h5-11,13,15,19H,4,12H2,1-3H3,(H,25,27)(H,28,29)/p-1/t15-,19-/m0/s1. The van der Waals surface area contributed by atoms with E-state index < -0.39 is 29.6 Å². The lowest BCUT2D eigenvalue weighted by Gasteiger charge is -2.23. The molecule has 0 saturated heterocycles. The predicted molar refractivity (Wildman–Crippen MR) is 114 cm³/mol. The number of carboxylic acid groups (broad SMARTS) is 1. The summed E-state index contributed by atoms with van der Waals surface area (Å²) in [7, 11) is 0. The van der Waals surface area contributed by atoms with Gasteiger partial charge in [-0.1, -0.05) is 37.3 Å². The maximum atomic E-state index is 12.6. The van der Waals surface area contributed by atoms with Gasteiger partial charge in [0.15, 0.2) is 6.10 Å². The van der Waals surface area contributed by atoms with Gasteiger partial charge in [-0.2, -0.15) is 0 Å². The molecule has 2 aromatic carbocycles. The Hall–Kier alpha value is -3.61. The highest BCUT2D eigenvalue weighted by Gasteiger charge is 2.22. The lowest BCUT2D eigenvalue weighted by atomic mass is 10.0. The summed E-state index contributed by atoms with van der Waals surface area (Å²) in [6, 6.07) is 12.7.